The van der Waals surface area contributed by atoms with Crippen molar-refractivity contribution in [2.45, 2.75) is 63.6 Å². The number of aromatic nitrogens is 1. The number of rotatable bonds is 11. The van der Waals surface area contributed by atoms with Crippen molar-refractivity contribution in [3.05, 3.63) is 48.2 Å². The van der Waals surface area contributed by atoms with Crippen LogP contribution in [-0.2, 0) is 4.79 Å². The van der Waals surface area contributed by atoms with Crippen molar-refractivity contribution in [1.29, 1.82) is 0 Å². The van der Waals surface area contributed by atoms with Crippen molar-refractivity contribution in [3.63, 3.8) is 0 Å². The topological polar surface area (TPSA) is 71.9 Å². The molecule has 6 nitrogen and oxygen atoms in total. The average Bonchev–Trinajstić information content (AvgIpc) is 3.19. The van der Waals surface area contributed by atoms with Crippen molar-refractivity contribution in [2.24, 2.45) is 5.92 Å². The van der Waals surface area contributed by atoms with E-state index in [1.807, 2.05) is 37.3 Å². The maximum atomic E-state index is 13.0. The van der Waals surface area contributed by atoms with Crippen LogP contribution < -0.4 is 14.4 Å². The number of carbonyl (C=O) groups is 1. The molecular formula is C26H32F2N2O4. The minimum atomic E-state index is -2.58. The molecule has 0 amide bonds. The van der Waals surface area contributed by atoms with Crippen LogP contribution in [-0.4, -0.2) is 53.7 Å². The molecule has 1 saturated heterocycles. The fourth-order valence-corrected chi connectivity index (χ4v) is 4.11. The minimum Gasteiger partial charge on any atom is -0.491 e. The van der Waals surface area contributed by atoms with Gasteiger partial charge in [0.25, 0.3) is 5.92 Å². The molecule has 1 saturated carbocycles. The Morgan fingerprint density at radius 1 is 1.21 bits per heavy atom. The average molecular weight is 475 g/mol. The molecule has 8 heteroatoms. The number of anilines is 1. The van der Waals surface area contributed by atoms with Gasteiger partial charge >= 0.3 is 0 Å². The van der Waals surface area contributed by atoms with Crippen LogP contribution in [0.15, 0.2) is 42.6 Å². The third-order valence-corrected chi connectivity index (χ3v) is 6.57. The van der Waals surface area contributed by atoms with Gasteiger partial charge in [-0.3, -0.25) is 4.79 Å². The predicted octanol–water partition coefficient (Wildman–Crippen LogP) is 4.61. The van der Waals surface area contributed by atoms with Crippen LogP contribution in [0.25, 0.3) is 0 Å². The zero-order chi connectivity index (χ0) is 24.3. The van der Waals surface area contributed by atoms with Gasteiger partial charge in [-0.25, -0.2) is 13.8 Å². The van der Waals surface area contributed by atoms with E-state index in [1.54, 1.807) is 19.2 Å². The maximum absolute atomic E-state index is 13.0. The Hall–Kier alpha value is -2.74. The summed E-state index contributed by atoms with van der Waals surface area (Å²) in [5.41, 5.74) is 0.938. The Kier molecular flexibility index (Phi) is 7.36. The summed E-state index contributed by atoms with van der Waals surface area (Å²) in [5.74, 6) is -1.30. The van der Waals surface area contributed by atoms with E-state index in [1.165, 1.54) is 0 Å². The number of alkyl halides is 2. The summed E-state index contributed by atoms with van der Waals surface area (Å²) >= 11 is 0. The van der Waals surface area contributed by atoms with Gasteiger partial charge in [0.2, 0.25) is 0 Å². The first-order valence-electron chi connectivity index (χ1n) is 11.9. The van der Waals surface area contributed by atoms with Crippen molar-refractivity contribution in [1.82, 2.24) is 4.98 Å². The van der Waals surface area contributed by atoms with E-state index in [4.69, 9.17) is 9.47 Å². The van der Waals surface area contributed by atoms with Crippen LogP contribution in [0, 0.1) is 5.92 Å². The molecule has 1 N–H and O–H groups in total. The van der Waals surface area contributed by atoms with Crippen LogP contribution in [0.2, 0.25) is 0 Å². The van der Waals surface area contributed by atoms with E-state index in [9.17, 15) is 18.7 Å². The molecule has 2 fully saturated rings. The zero-order valence-electron chi connectivity index (χ0n) is 19.6. The molecule has 1 aliphatic carbocycles. The van der Waals surface area contributed by atoms with Gasteiger partial charge in [0.1, 0.15) is 29.2 Å². The number of ether oxygens (including phenoxy) is 2. The van der Waals surface area contributed by atoms with Gasteiger partial charge in [-0.15, -0.1) is 0 Å². The lowest BCUT2D eigenvalue weighted by molar-refractivity contribution is -0.120. The van der Waals surface area contributed by atoms with Gasteiger partial charge in [-0.2, -0.15) is 0 Å². The largest absolute Gasteiger partial charge is 0.491 e. The first-order chi connectivity index (χ1) is 16.2. The quantitative estimate of drug-likeness (QED) is 0.513. The fourth-order valence-electron chi connectivity index (χ4n) is 4.11. The molecule has 2 heterocycles. The fraction of sp³-hybridized carbons (Fsp3) is 0.538. The number of Topliss-reactive ketones (excluding diaryl/α,β-unsaturated/α-hetero) is 1. The Bertz CT molecular complexity index is 966. The number of aliphatic hydroxyl groups excluding tert-OH is 1. The highest BCUT2D eigenvalue weighted by atomic mass is 19.3. The van der Waals surface area contributed by atoms with E-state index in [-0.39, 0.29) is 30.8 Å². The van der Waals surface area contributed by atoms with E-state index >= 15 is 0 Å². The van der Waals surface area contributed by atoms with Gasteiger partial charge in [0.05, 0.1) is 31.4 Å². The zero-order valence-corrected chi connectivity index (χ0v) is 19.6. The second-order valence-corrected chi connectivity index (χ2v) is 9.44. The van der Waals surface area contributed by atoms with Crippen molar-refractivity contribution >= 4 is 11.6 Å². The Balaban J connectivity index is 1.24. The number of pyridine rings is 1. The lowest BCUT2D eigenvalue weighted by Gasteiger charge is -2.19. The summed E-state index contributed by atoms with van der Waals surface area (Å²) in [4.78, 5) is 18.9. The van der Waals surface area contributed by atoms with Crippen molar-refractivity contribution in [3.8, 4) is 11.5 Å². The first-order valence-corrected chi connectivity index (χ1v) is 11.9. The molecular weight excluding hydrogens is 442 g/mol. The molecule has 1 aromatic carbocycles. The predicted molar refractivity (Wildman–Crippen MR) is 125 cm³/mol. The summed E-state index contributed by atoms with van der Waals surface area (Å²) in [5, 5.41) is 9.38. The number of nitrogens with zero attached hydrogens (tertiary/aromatic N) is 2. The van der Waals surface area contributed by atoms with Crippen LogP contribution in [0.1, 0.15) is 51.0 Å². The van der Waals surface area contributed by atoms with E-state index in [0.29, 0.717) is 25.1 Å². The number of ketones is 1. The lowest BCUT2D eigenvalue weighted by atomic mass is 9.93. The maximum Gasteiger partial charge on any atom is 0.255 e. The molecule has 184 valence electrons. The third kappa shape index (κ3) is 6.23. The monoisotopic (exact) mass is 474 g/mol. The molecule has 0 radical (unpaired) electrons. The van der Waals surface area contributed by atoms with E-state index < -0.39 is 17.9 Å². The second-order valence-electron chi connectivity index (χ2n) is 9.44. The minimum absolute atomic E-state index is 0.0151. The van der Waals surface area contributed by atoms with E-state index in [0.717, 1.165) is 30.1 Å². The summed E-state index contributed by atoms with van der Waals surface area (Å²) < 4.78 is 37.5. The lowest BCUT2D eigenvalue weighted by Crippen LogP contribution is -2.25. The Labute approximate surface area is 198 Å². The number of hydrogen-bond donors (Lipinski definition) is 1. The highest BCUT2D eigenvalue weighted by Crippen LogP contribution is 2.48. The van der Waals surface area contributed by atoms with E-state index in [2.05, 4.69) is 9.88 Å². The number of halogens is 2. The van der Waals surface area contributed by atoms with Gasteiger partial charge in [0, 0.05) is 31.7 Å². The highest BCUT2D eigenvalue weighted by molar-refractivity contribution is 5.85. The normalized spacial score (nSPS) is 22.8. The van der Waals surface area contributed by atoms with Gasteiger partial charge in [-0.1, -0.05) is 19.1 Å². The molecule has 3 unspecified atom stereocenters. The second kappa shape index (κ2) is 10.3. The third-order valence-electron chi connectivity index (χ3n) is 6.57. The summed E-state index contributed by atoms with van der Waals surface area (Å²) in [6, 6.07) is 11.2. The van der Waals surface area contributed by atoms with Crippen LogP contribution in [0.5, 0.6) is 11.5 Å². The van der Waals surface area contributed by atoms with Crippen molar-refractivity contribution in [2.75, 3.05) is 24.6 Å². The Morgan fingerprint density at radius 3 is 2.53 bits per heavy atom. The van der Waals surface area contributed by atoms with Gasteiger partial charge in [-0.05, 0) is 43.2 Å². The van der Waals surface area contributed by atoms with Crippen molar-refractivity contribution < 1.29 is 28.2 Å². The molecule has 0 spiro atoms. The smallest absolute Gasteiger partial charge is 0.255 e. The highest BCUT2D eigenvalue weighted by Gasteiger charge is 2.57. The number of benzene rings is 1. The SMILES string of the molecule is CC(C(=O)CC[C@@H](C)O)c1ccc(OC2CCN(c3ccc(OCC4CC4(F)F)cn3)C2)cc1. The standard InChI is InChI=1S/C26H32F2N2O4/c1-17(31)3-9-24(32)18(2)19-4-6-21(7-5-19)34-23-11-12-30(15-23)25-10-8-22(14-29-25)33-16-20-13-26(20,27)28/h4-8,10,14,17-18,20,23,31H,3,9,11-13,15-16H2,1-2H3/t17-,18?,20?,23?/m1/s1. The molecule has 2 aliphatic rings. The molecule has 1 aliphatic heterocycles. The molecule has 4 rings (SSSR count). The molecule has 0 bridgehead atoms. The first kappa shape index (κ1) is 24.4. The van der Waals surface area contributed by atoms with Gasteiger partial charge < -0.3 is 19.5 Å². The molecule has 34 heavy (non-hydrogen) atoms. The summed E-state index contributed by atoms with van der Waals surface area (Å²) in [6.07, 6.45) is 2.73. The number of hydrogen-bond acceptors (Lipinski definition) is 6. The summed E-state index contributed by atoms with van der Waals surface area (Å²) in [6.45, 7) is 5.09. The Morgan fingerprint density at radius 2 is 1.91 bits per heavy atom. The number of carbonyl (C=O) groups excluding carboxylic acids is 1. The molecule has 4 atom stereocenters. The van der Waals surface area contributed by atoms with Gasteiger partial charge in [0.15, 0.2) is 0 Å². The van der Waals surface area contributed by atoms with Crippen LogP contribution in [0.4, 0.5) is 14.6 Å². The molecule has 1 aromatic heterocycles. The molecule has 2 aromatic rings. The summed E-state index contributed by atoms with van der Waals surface area (Å²) in [7, 11) is 0. The number of aliphatic hydroxyl groups is 1. The van der Waals surface area contributed by atoms with Crippen LogP contribution in [0.3, 0.4) is 0 Å². The van der Waals surface area contributed by atoms with Crippen LogP contribution >= 0.6 is 0 Å².